The molecule has 0 saturated carbocycles. The normalized spacial score (nSPS) is 12.8. The summed E-state index contributed by atoms with van der Waals surface area (Å²) in [6, 6.07) is 0. The van der Waals surface area contributed by atoms with Crippen molar-refractivity contribution in [3.63, 3.8) is 0 Å². The fraction of sp³-hybridized carbons (Fsp3) is 0.800. The Balaban J connectivity index is 3.09. The van der Waals surface area contributed by atoms with E-state index in [2.05, 4.69) is 18.8 Å². The van der Waals surface area contributed by atoms with Crippen LogP contribution in [0.5, 0.6) is 0 Å². The van der Waals surface area contributed by atoms with Crippen LogP contribution in [0.25, 0.3) is 0 Å². The molecular formula is C10H21NO. The third-order valence-electron chi connectivity index (χ3n) is 1.76. The highest BCUT2D eigenvalue weighted by Gasteiger charge is 1.99. The fourth-order valence-corrected chi connectivity index (χ4v) is 1.00. The maximum Gasteiger partial charge on any atom is 0.0547 e. The van der Waals surface area contributed by atoms with E-state index in [0.29, 0.717) is 6.10 Å². The SMILES string of the molecule is C=CCCOC(C)CCCNC. The van der Waals surface area contributed by atoms with Crippen LogP contribution in [0.15, 0.2) is 12.7 Å². The molecule has 72 valence electrons. The maximum absolute atomic E-state index is 5.53. The van der Waals surface area contributed by atoms with Gasteiger partial charge in [0.2, 0.25) is 0 Å². The maximum atomic E-state index is 5.53. The van der Waals surface area contributed by atoms with Crippen molar-refractivity contribution in [1.82, 2.24) is 5.32 Å². The second-order valence-electron chi connectivity index (χ2n) is 3.00. The summed E-state index contributed by atoms with van der Waals surface area (Å²) in [5, 5.41) is 3.12. The van der Waals surface area contributed by atoms with Crippen molar-refractivity contribution in [2.45, 2.75) is 32.3 Å². The zero-order chi connectivity index (χ0) is 9.23. The lowest BCUT2D eigenvalue weighted by Gasteiger charge is -2.11. The monoisotopic (exact) mass is 171 g/mol. The van der Waals surface area contributed by atoms with Gasteiger partial charge in [0.15, 0.2) is 0 Å². The molecule has 1 unspecified atom stereocenters. The zero-order valence-corrected chi connectivity index (χ0v) is 8.31. The predicted molar refractivity (Wildman–Crippen MR) is 53.4 cm³/mol. The van der Waals surface area contributed by atoms with Crippen molar-refractivity contribution >= 4 is 0 Å². The highest BCUT2D eigenvalue weighted by molar-refractivity contribution is 4.65. The van der Waals surface area contributed by atoms with Crippen LogP contribution in [0.3, 0.4) is 0 Å². The molecule has 1 N–H and O–H groups in total. The van der Waals surface area contributed by atoms with Gasteiger partial charge in [-0.25, -0.2) is 0 Å². The van der Waals surface area contributed by atoms with E-state index < -0.39 is 0 Å². The predicted octanol–water partition coefficient (Wildman–Crippen LogP) is 1.97. The van der Waals surface area contributed by atoms with E-state index >= 15 is 0 Å². The van der Waals surface area contributed by atoms with Crippen molar-refractivity contribution in [1.29, 1.82) is 0 Å². The van der Waals surface area contributed by atoms with Gasteiger partial charge in [0, 0.05) is 0 Å². The molecule has 0 aliphatic carbocycles. The zero-order valence-electron chi connectivity index (χ0n) is 8.31. The van der Waals surface area contributed by atoms with Gasteiger partial charge in [-0.3, -0.25) is 0 Å². The molecule has 1 atom stereocenters. The minimum atomic E-state index is 0.387. The van der Waals surface area contributed by atoms with Crippen LogP contribution >= 0.6 is 0 Å². The highest BCUT2D eigenvalue weighted by Crippen LogP contribution is 2.01. The molecule has 0 rings (SSSR count). The van der Waals surface area contributed by atoms with Crippen molar-refractivity contribution in [2.24, 2.45) is 0 Å². The summed E-state index contributed by atoms with van der Waals surface area (Å²) in [7, 11) is 1.98. The molecule has 2 nitrogen and oxygen atoms in total. The van der Waals surface area contributed by atoms with Gasteiger partial charge in [-0.15, -0.1) is 6.58 Å². The molecule has 0 aromatic carbocycles. The second kappa shape index (κ2) is 8.75. The van der Waals surface area contributed by atoms with Crippen LogP contribution in [-0.2, 0) is 4.74 Å². The van der Waals surface area contributed by atoms with Crippen LogP contribution < -0.4 is 5.32 Å². The average molecular weight is 171 g/mol. The Kier molecular flexibility index (Phi) is 8.51. The van der Waals surface area contributed by atoms with E-state index in [1.54, 1.807) is 0 Å². The van der Waals surface area contributed by atoms with E-state index in [4.69, 9.17) is 4.74 Å². The topological polar surface area (TPSA) is 21.3 Å². The van der Waals surface area contributed by atoms with Crippen LogP contribution in [0.1, 0.15) is 26.2 Å². The molecule has 2 heteroatoms. The van der Waals surface area contributed by atoms with Crippen LogP contribution in [-0.4, -0.2) is 26.3 Å². The minimum Gasteiger partial charge on any atom is -0.378 e. The number of rotatable bonds is 8. The fourth-order valence-electron chi connectivity index (χ4n) is 1.00. The molecule has 0 aromatic heterocycles. The molecule has 0 saturated heterocycles. The van der Waals surface area contributed by atoms with E-state index in [9.17, 15) is 0 Å². The van der Waals surface area contributed by atoms with E-state index in [1.807, 2.05) is 13.1 Å². The minimum absolute atomic E-state index is 0.387. The van der Waals surface area contributed by atoms with Gasteiger partial charge in [-0.05, 0) is 39.8 Å². The van der Waals surface area contributed by atoms with Crippen molar-refractivity contribution in [2.75, 3.05) is 20.2 Å². The van der Waals surface area contributed by atoms with Crippen molar-refractivity contribution < 1.29 is 4.74 Å². The number of hydrogen-bond donors (Lipinski definition) is 1. The molecule has 12 heavy (non-hydrogen) atoms. The third kappa shape index (κ3) is 7.76. The first-order valence-corrected chi connectivity index (χ1v) is 4.68. The quantitative estimate of drug-likeness (QED) is 0.445. The Morgan fingerprint density at radius 2 is 2.33 bits per heavy atom. The Hall–Kier alpha value is -0.340. The first kappa shape index (κ1) is 11.7. The smallest absolute Gasteiger partial charge is 0.0547 e. The first-order chi connectivity index (χ1) is 5.81. The van der Waals surface area contributed by atoms with E-state index in [1.165, 1.54) is 6.42 Å². The number of nitrogens with one attached hydrogen (secondary N) is 1. The molecule has 0 amide bonds. The molecule has 0 heterocycles. The van der Waals surface area contributed by atoms with Crippen LogP contribution in [0.2, 0.25) is 0 Å². The van der Waals surface area contributed by atoms with Gasteiger partial charge in [0.25, 0.3) is 0 Å². The van der Waals surface area contributed by atoms with E-state index in [0.717, 1.165) is 26.0 Å². The number of hydrogen-bond acceptors (Lipinski definition) is 2. The lowest BCUT2D eigenvalue weighted by atomic mass is 10.2. The summed E-state index contributed by atoms with van der Waals surface area (Å²) < 4.78 is 5.53. The van der Waals surface area contributed by atoms with Gasteiger partial charge in [-0.1, -0.05) is 6.08 Å². The summed E-state index contributed by atoms with van der Waals surface area (Å²) in [6.07, 6.45) is 5.55. The van der Waals surface area contributed by atoms with Gasteiger partial charge in [-0.2, -0.15) is 0 Å². The molecule has 0 aliphatic rings. The summed E-state index contributed by atoms with van der Waals surface area (Å²) in [5.41, 5.74) is 0. The number of ether oxygens (including phenoxy) is 1. The molecule has 0 spiro atoms. The largest absolute Gasteiger partial charge is 0.378 e. The summed E-state index contributed by atoms with van der Waals surface area (Å²) >= 11 is 0. The molecular weight excluding hydrogens is 150 g/mol. The standard InChI is InChI=1S/C10H21NO/c1-4-5-9-12-10(2)7-6-8-11-3/h4,10-11H,1,5-9H2,2-3H3. The highest BCUT2D eigenvalue weighted by atomic mass is 16.5. The van der Waals surface area contributed by atoms with Gasteiger partial charge < -0.3 is 10.1 Å². The summed E-state index contributed by atoms with van der Waals surface area (Å²) in [6.45, 7) is 7.65. The lowest BCUT2D eigenvalue weighted by Crippen LogP contribution is -2.13. The second-order valence-corrected chi connectivity index (χ2v) is 3.00. The molecule has 0 aromatic rings. The van der Waals surface area contributed by atoms with Crippen molar-refractivity contribution in [3.8, 4) is 0 Å². The summed E-state index contributed by atoms with van der Waals surface area (Å²) in [4.78, 5) is 0. The van der Waals surface area contributed by atoms with Crippen molar-refractivity contribution in [3.05, 3.63) is 12.7 Å². The van der Waals surface area contributed by atoms with Gasteiger partial charge in [0.05, 0.1) is 12.7 Å². The van der Waals surface area contributed by atoms with Crippen LogP contribution in [0.4, 0.5) is 0 Å². The Morgan fingerprint density at radius 3 is 2.92 bits per heavy atom. The molecule has 0 bridgehead atoms. The van der Waals surface area contributed by atoms with Gasteiger partial charge >= 0.3 is 0 Å². The van der Waals surface area contributed by atoms with E-state index in [-0.39, 0.29) is 0 Å². The first-order valence-electron chi connectivity index (χ1n) is 4.68. The Bertz CT molecular complexity index is 104. The van der Waals surface area contributed by atoms with Crippen LogP contribution in [0, 0.1) is 0 Å². The van der Waals surface area contributed by atoms with Gasteiger partial charge in [0.1, 0.15) is 0 Å². The third-order valence-corrected chi connectivity index (χ3v) is 1.76. The molecule has 0 fully saturated rings. The summed E-state index contributed by atoms with van der Waals surface area (Å²) in [5.74, 6) is 0. The average Bonchev–Trinajstić information content (AvgIpc) is 2.06. The molecule has 0 aliphatic heterocycles. The lowest BCUT2D eigenvalue weighted by molar-refractivity contribution is 0.0624. The molecule has 0 radical (unpaired) electrons. The Morgan fingerprint density at radius 1 is 1.58 bits per heavy atom. The Labute approximate surface area is 76.0 Å².